The lowest BCUT2D eigenvalue weighted by molar-refractivity contribution is -0.00798. The summed E-state index contributed by atoms with van der Waals surface area (Å²) in [7, 11) is 1.80. The smallest absolute Gasteiger partial charge is 0.273 e. The fraction of sp³-hybridized carbons (Fsp3) is 0.438. The molecule has 1 saturated heterocycles. The summed E-state index contributed by atoms with van der Waals surface area (Å²) in [6.07, 6.45) is 3.73. The maximum atomic E-state index is 12.5. The molecular formula is C16H20N4O2S. The van der Waals surface area contributed by atoms with E-state index in [-0.39, 0.29) is 12.0 Å². The molecule has 0 aromatic carbocycles. The zero-order chi connectivity index (χ0) is 16.1. The van der Waals surface area contributed by atoms with Crippen LogP contribution >= 0.6 is 11.3 Å². The first-order valence-electron chi connectivity index (χ1n) is 7.70. The number of hydrogen-bond acceptors (Lipinski definition) is 6. The Morgan fingerprint density at radius 3 is 3.17 bits per heavy atom. The molecule has 1 atom stereocenters. The number of aromatic nitrogens is 2. The van der Waals surface area contributed by atoms with Gasteiger partial charge in [0.05, 0.1) is 18.4 Å². The molecule has 3 rings (SSSR count). The maximum absolute atomic E-state index is 12.5. The highest BCUT2D eigenvalue weighted by Crippen LogP contribution is 2.20. The van der Waals surface area contributed by atoms with Gasteiger partial charge in [-0.05, 0) is 25.0 Å². The molecule has 0 radical (unpaired) electrons. The minimum Gasteiger partial charge on any atom is -0.370 e. The van der Waals surface area contributed by atoms with Gasteiger partial charge in [0.1, 0.15) is 5.69 Å². The number of ether oxygens (including phenoxy) is 1. The van der Waals surface area contributed by atoms with Gasteiger partial charge in [0, 0.05) is 31.7 Å². The van der Waals surface area contributed by atoms with Crippen LogP contribution < -0.4 is 5.32 Å². The van der Waals surface area contributed by atoms with E-state index in [9.17, 15) is 4.79 Å². The normalized spacial score (nSPS) is 18.0. The molecule has 1 fully saturated rings. The van der Waals surface area contributed by atoms with Crippen LogP contribution in [0.2, 0.25) is 0 Å². The van der Waals surface area contributed by atoms with Crippen molar-refractivity contribution in [3.63, 3.8) is 0 Å². The monoisotopic (exact) mass is 332 g/mol. The van der Waals surface area contributed by atoms with Gasteiger partial charge >= 0.3 is 0 Å². The quantitative estimate of drug-likeness (QED) is 0.911. The number of anilines is 1. The van der Waals surface area contributed by atoms with Crippen LogP contribution in [0, 0.1) is 0 Å². The average molecular weight is 332 g/mol. The highest BCUT2D eigenvalue weighted by atomic mass is 32.1. The molecule has 7 heteroatoms. The van der Waals surface area contributed by atoms with Crippen LogP contribution in [0.1, 0.15) is 29.0 Å². The summed E-state index contributed by atoms with van der Waals surface area (Å²) in [6, 6.07) is 5.78. The third kappa shape index (κ3) is 4.05. The molecule has 0 aliphatic carbocycles. The first-order valence-corrected chi connectivity index (χ1v) is 8.58. The maximum Gasteiger partial charge on any atom is 0.273 e. The van der Waals surface area contributed by atoms with Crippen molar-refractivity contribution in [3.8, 4) is 0 Å². The second-order valence-electron chi connectivity index (χ2n) is 5.44. The predicted molar refractivity (Wildman–Crippen MR) is 89.6 cm³/mol. The van der Waals surface area contributed by atoms with E-state index in [0.717, 1.165) is 30.2 Å². The number of nitrogens with zero attached hydrogens (tertiary/aromatic N) is 3. The number of rotatable bonds is 5. The summed E-state index contributed by atoms with van der Waals surface area (Å²) in [4.78, 5) is 22.9. The summed E-state index contributed by atoms with van der Waals surface area (Å²) in [6.45, 7) is 1.85. The standard InChI is InChI=1S/C16H20N4O2S/c1-17-16-19-14(11-23-16)15(21)20-8-4-6-13(9-20)22-10-12-5-2-3-7-18-12/h2-3,5,7,11,13H,4,6,8-10H2,1H3,(H,17,19)/t13-/m0/s1. The van der Waals surface area contributed by atoms with E-state index >= 15 is 0 Å². The van der Waals surface area contributed by atoms with Gasteiger partial charge in [-0.15, -0.1) is 11.3 Å². The number of nitrogens with one attached hydrogen (secondary N) is 1. The van der Waals surface area contributed by atoms with Gasteiger partial charge in [0.15, 0.2) is 5.13 Å². The second-order valence-corrected chi connectivity index (χ2v) is 6.29. The summed E-state index contributed by atoms with van der Waals surface area (Å²) < 4.78 is 5.93. The Balaban J connectivity index is 1.56. The zero-order valence-corrected chi connectivity index (χ0v) is 13.9. The van der Waals surface area contributed by atoms with Gasteiger partial charge in [-0.2, -0.15) is 0 Å². The number of carbonyl (C=O) groups excluding carboxylic acids is 1. The molecule has 3 heterocycles. The molecule has 23 heavy (non-hydrogen) atoms. The molecule has 1 aliphatic heterocycles. The molecule has 1 amide bonds. The van der Waals surface area contributed by atoms with Crippen molar-refractivity contribution in [2.24, 2.45) is 0 Å². The molecule has 0 unspecified atom stereocenters. The highest BCUT2D eigenvalue weighted by Gasteiger charge is 2.26. The van der Waals surface area contributed by atoms with E-state index < -0.39 is 0 Å². The van der Waals surface area contributed by atoms with Crippen LogP contribution in [0.25, 0.3) is 0 Å². The molecule has 122 valence electrons. The number of piperidine rings is 1. The van der Waals surface area contributed by atoms with Crippen LogP contribution in [-0.2, 0) is 11.3 Å². The van der Waals surface area contributed by atoms with E-state index in [1.165, 1.54) is 11.3 Å². The van der Waals surface area contributed by atoms with E-state index in [1.54, 1.807) is 18.6 Å². The molecule has 1 aliphatic rings. The van der Waals surface area contributed by atoms with E-state index in [0.29, 0.717) is 18.8 Å². The Morgan fingerprint density at radius 2 is 2.43 bits per heavy atom. The number of amides is 1. The zero-order valence-electron chi connectivity index (χ0n) is 13.1. The minimum absolute atomic E-state index is 0.0195. The fourth-order valence-corrected chi connectivity index (χ4v) is 3.24. The lowest BCUT2D eigenvalue weighted by atomic mass is 10.1. The summed E-state index contributed by atoms with van der Waals surface area (Å²) in [5, 5.41) is 5.51. The number of carbonyl (C=O) groups is 1. The third-order valence-electron chi connectivity index (χ3n) is 3.80. The van der Waals surface area contributed by atoms with Gasteiger partial charge in [0.25, 0.3) is 5.91 Å². The largest absolute Gasteiger partial charge is 0.370 e. The molecule has 2 aromatic rings. The van der Waals surface area contributed by atoms with E-state index in [2.05, 4.69) is 15.3 Å². The van der Waals surface area contributed by atoms with Crippen LogP contribution in [0.5, 0.6) is 0 Å². The van der Waals surface area contributed by atoms with Crippen molar-refractivity contribution in [2.45, 2.75) is 25.6 Å². The first-order chi connectivity index (χ1) is 11.3. The number of pyridine rings is 1. The lowest BCUT2D eigenvalue weighted by Crippen LogP contribution is -2.43. The molecule has 0 bridgehead atoms. The molecular weight excluding hydrogens is 312 g/mol. The van der Waals surface area contributed by atoms with Crippen molar-refractivity contribution >= 4 is 22.4 Å². The highest BCUT2D eigenvalue weighted by molar-refractivity contribution is 7.13. The van der Waals surface area contributed by atoms with Crippen molar-refractivity contribution in [3.05, 3.63) is 41.2 Å². The Labute approximate surface area is 139 Å². The van der Waals surface area contributed by atoms with Crippen LogP contribution in [0.3, 0.4) is 0 Å². The van der Waals surface area contributed by atoms with Gasteiger partial charge in [-0.3, -0.25) is 9.78 Å². The average Bonchev–Trinajstić information content (AvgIpc) is 3.10. The molecule has 0 saturated carbocycles. The summed E-state index contributed by atoms with van der Waals surface area (Å²) in [5.74, 6) is -0.0195. The van der Waals surface area contributed by atoms with Gasteiger partial charge in [0.2, 0.25) is 0 Å². The lowest BCUT2D eigenvalue weighted by Gasteiger charge is -2.32. The van der Waals surface area contributed by atoms with E-state index in [1.807, 2.05) is 23.1 Å². The Kier molecular flexibility index (Phi) is 5.19. The van der Waals surface area contributed by atoms with Gasteiger partial charge in [-0.1, -0.05) is 6.07 Å². The Bertz CT molecular complexity index is 647. The van der Waals surface area contributed by atoms with Gasteiger partial charge < -0.3 is 15.0 Å². The van der Waals surface area contributed by atoms with Crippen molar-refractivity contribution in [1.82, 2.24) is 14.9 Å². The van der Waals surface area contributed by atoms with Crippen LogP contribution in [0.15, 0.2) is 29.8 Å². The van der Waals surface area contributed by atoms with Gasteiger partial charge in [-0.25, -0.2) is 4.98 Å². The molecule has 6 nitrogen and oxygen atoms in total. The second kappa shape index (κ2) is 7.52. The number of thiazole rings is 1. The Hall–Kier alpha value is -1.99. The third-order valence-corrected chi connectivity index (χ3v) is 4.66. The predicted octanol–water partition coefficient (Wildman–Crippen LogP) is 2.40. The SMILES string of the molecule is CNc1nc(C(=O)N2CCC[C@H](OCc3ccccn3)C2)cs1. The molecule has 2 aromatic heterocycles. The van der Waals surface area contributed by atoms with Crippen molar-refractivity contribution < 1.29 is 9.53 Å². The Morgan fingerprint density at radius 1 is 1.52 bits per heavy atom. The fourth-order valence-electron chi connectivity index (χ4n) is 2.59. The molecule has 1 N–H and O–H groups in total. The van der Waals surface area contributed by atoms with Crippen LogP contribution in [0.4, 0.5) is 5.13 Å². The number of likely N-dealkylation sites (tertiary alicyclic amines) is 1. The van der Waals surface area contributed by atoms with E-state index in [4.69, 9.17) is 4.74 Å². The first kappa shape index (κ1) is 15.9. The number of hydrogen-bond donors (Lipinski definition) is 1. The summed E-state index contributed by atoms with van der Waals surface area (Å²) >= 11 is 1.44. The van der Waals surface area contributed by atoms with Crippen molar-refractivity contribution in [2.75, 3.05) is 25.5 Å². The molecule has 0 spiro atoms. The minimum atomic E-state index is -0.0195. The van der Waals surface area contributed by atoms with Crippen LogP contribution in [-0.4, -0.2) is 47.0 Å². The summed E-state index contributed by atoms with van der Waals surface area (Å²) in [5.41, 5.74) is 1.42. The topological polar surface area (TPSA) is 67.4 Å². The van der Waals surface area contributed by atoms with Crippen molar-refractivity contribution in [1.29, 1.82) is 0 Å².